The summed E-state index contributed by atoms with van der Waals surface area (Å²) in [6.45, 7) is 0. The zero-order chi connectivity index (χ0) is 27.6. The molecule has 9 rings (SSSR count). The van der Waals surface area contributed by atoms with Crippen LogP contribution in [0, 0.1) is 0 Å². The molecule has 8 aromatic rings. The Morgan fingerprint density at radius 3 is 2.36 bits per heavy atom. The maximum atomic E-state index is 6.37. The van der Waals surface area contributed by atoms with Crippen molar-refractivity contribution in [1.29, 1.82) is 0 Å². The van der Waals surface area contributed by atoms with Crippen LogP contribution in [0.4, 0.5) is 17.2 Å². The molecular weight excluding hydrogens is 516 g/mol. The summed E-state index contributed by atoms with van der Waals surface area (Å²) in [6.07, 6.45) is 7.40. The van der Waals surface area contributed by atoms with Gasteiger partial charge < -0.3 is 4.42 Å². The second kappa shape index (κ2) is 8.85. The van der Waals surface area contributed by atoms with Crippen molar-refractivity contribution in [3.05, 3.63) is 134 Å². The molecule has 0 amide bonds. The summed E-state index contributed by atoms with van der Waals surface area (Å²) < 4.78 is 6.37. The summed E-state index contributed by atoms with van der Waals surface area (Å²) in [4.78, 5) is 16.2. The molecule has 0 unspecified atom stereocenters. The van der Waals surface area contributed by atoms with Crippen molar-refractivity contribution in [2.24, 2.45) is 0 Å². The number of rotatable bonds is 3. The quantitative estimate of drug-likeness (QED) is 0.224. The molecule has 4 aromatic carbocycles. The Morgan fingerprint density at radius 1 is 0.524 bits per heavy atom. The molecule has 5 nitrogen and oxygen atoms in total. The molecule has 4 aromatic heterocycles. The highest BCUT2D eigenvalue weighted by Crippen LogP contribution is 2.53. The molecule has 5 heterocycles. The third-order valence-electron chi connectivity index (χ3n) is 8.20. The number of hydrogen-bond acceptors (Lipinski definition) is 5. The lowest BCUT2D eigenvalue weighted by molar-refractivity contribution is 0.669. The minimum atomic E-state index is 0.828. The lowest BCUT2D eigenvalue weighted by Crippen LogP contribution is -2.16. The summed E-state index contributed by atoms with van der Waals surface area (Å²) in [5.74, 6) is 0.828. The lowest BCUT2D eigenvalue weighted by Gasteiger charge is -2.33. The van der Waals surface area contributed by atoms with Gasteiger partial charge in [0.05, 0.1) is 17.1 Å². The van der Waals surface area contributed by atoms with Gasteiger partial charge in [-0.15, -0.1) is 0 Å². The number of anilines is 3. The summed E-state index contributed by atoms with van der Waals surface area (Å²) in [7, 11) is 0. The molecule has 0 bridgehead atoms. The fourth-order valence-corrected chi connectivity index (χ4v) is 6.34. The van der Waals surface area contributed by atoms with E-state index in [-0.39, 0.29) is 0 Å². The number of aromatic nitrogens is 3. The normalized spacial score (nSPS) is 12.2. The molecule has 0 aliphatic carbocycles. The minimum Gasteiger partial charge on any atom is -0.456 e. The van der Waals surface area contributed by atoms with Crippen molar-refractivity contribution in [2.75, 3.05) is 4.90 Å². The van der Waals surface area contributed by atoms with E-state index >= 15 is 0 Å². The highest BCUT2D eigenvalue weighted by molar-refractivity contribution is 6.19. The van der Waals surface area contributed by atoms with Crippen LogP contribution in [0.1, 0.15) is 0 Å². The van der Waals surface area contributed by atoms with Crippen LogP contribution < -0.4 is 4.90 Å². The average molecular weight is 539 g/mol. The molecule has 0 saturated heterocycles. The van der Waals surface area contributed by atoms with E-state index in [1.165, 1.54) is 10.9 Å². The number of pyridine rings is 3. The van der Waals surface area contributed by atoms with Crippen molar-refractivity contribution in [3.8, 4) is 33.5 Å². The maximum Gasteiger partial charge on any atom is 0.138 e. The number of fused-ring (bicyclic) bond motifs is 5. The Labute approximate surface area is 241 Å². The van der Waals surface area contributed by atoms with E-state index in [0.717, 1.165) is 72.5 Å². The van der Waals surface area contributed by atoms with Crippen molar-refractivity contribution in [2.45, 2.75) is 0 Å². The number of furan rings is 1. The Kier molecular flexibility index (Phi) is 4.83. The summed E-state index contributed by atoms with van der Waals surface area (Å²) in [6, 6.07) is 37.9. The van der Waals surface area contributed by atoms with E-state index in [9.17, 15) is 0 Å². The van der Waals surface area contributed by atoms with E-state index in [1.54, 1.807) is 6.20 Å². The van der Waals surface area contributed by atoms with E-state index in [2.05, 4.69) is 82.7 Å². The largest absolute Gasteiger partial charge is 0.456 e. The molecule has 0 N–H and O–H groups in total. The van der Waals surface area contributed by atoms with Crippen LogP contribution in [0.2, 0.25) is 0 Å². The maximum absolute atomic E-state index is 6.37. The van der Waals surface area contributed by atoms with Gasteiger partial charge in [0.15, 0.2) is 0 Å². The van der Waals surface area contributed by atoms with E-state index in [1.807, 2.05) is 55.0 Å². The van der Waals surface area contributed by atoms with Crippen molar-refractivity contribution < 1.29 is 4.42 Å². The zero-order valence-electron chi connectivity index (χ0n) is 22.4. The summed E-state index contributed by atoms with van der Waals surface area (Å²) in [5.41, 5.74) is 10.3. The Morgan fingerprint density at radius 2 is 1.45 bits per heavy atom. The second-order valence-corrected chi connectivity index (χ2v) is 10.5. The Balaban J connectivity index is 1.38. The first-order valence-electron chi connectivity index (χ1n) is 13.9. The minimum absolute atomic E-state index is 0.828. The molecule has 0 atom stereocenters. The summed E-state index contributed by atoms with van der Waals surface area (Å²) in [5, 5.41) is 4.54. The van der Waals surface area contributed by atoms with Gasteiger partial charge in [-0.05, 0) is 65.0 Å². The van der Waals surface area contributed by atoms with Gasteiger partial charge in [-0.3, -0.25) is 14.9 Å². The highest BCUT2D eigenvalue weighted by atomic mass is 16.3. The molecular formula is C37H22N4O. The smallest absolute Gasteiger partial charge is 0.138 e. The molecule has 0 fully saturated rings. The number of hydrogen-bond donors (Lipinski definition) is 0. The number of benzene rings is 4. The lowest BCUT2D eigenvalue weighted by atomic mass is 9.88. The van der Waals surface area contributed by atoms with E-state index < -0.39 is 0 Å². The van der Waals surface area contributed by atoms with Gasteiger partial charge in [-0.2, -0.15) is 0 Å². The topological polar surface area (TPSA) is 55.1 Å². The Hall–Kier alpha value is -5.81. The third-order valence-corrected chi connectivity index (χ3v) is 8.20. The van der Waals surface area contributed by atoms with Crippen LogP contribution in [-0.4, -0.2) is 15.0 Å². The van der Waals surface area contributed by atoms with Crippen LogP contribution in [0.15, 0.2) is 138 Å². The third kappa shape index (κ3) is 3.34. The van der Waals surface area contributed by atoms with Crippen molar-refractivity contribution in [1.82, 2.24) is 15.0 Å². The predicted octanol–water partition coefficient (Wildman–Crippen LogP) is 9.71. The molecule has 42 heavy (non-hydrogen) atoms. The first-order chi connectivity index (χ1) is 20.8. The highest BCUT2D eigenvalue weighted by Gasteiger charge is 2.29. The van der Waals surface area contributed by atoms with Gasteiger partial charge in [0, 0.05) is 63.7 Å². The molecule has 196 valence electrons. The molecule has 0 saturated carbocycles. The molecule has 1 aliphatic rings. The van der Waals surface area contributed by atoms with Gasteiger partial charge in [0.1, 0.15) is 17.0 Å². The SMILES string of the molecule is c1ccc(-c2ccc3c4c(cccc24)-c2cc4c(cc2N3c2cc(-c3cccnc3)ccn2)oc2ccccc24)nc1. The van der Waals surface area contributed by atoms with Crippen molar-refractivity contribution in [3.63, 3.8) is 0 Å². The first-order valence-corrected chi connectivity index (χ1v) is 13.9. The monoisotopic (exact) mass is 538 g/mol. The van der Waals surface area contributed by atoms with Gasteiger partial charge in [0.2, 0.25) is 0 Å². The fourth-order valence-electron chi connectivity index (χ4n) is 6.34. The van der Waals surface area contributed by atoms with Crippen LogP contribution in [0.3, 0.4) is 0 Å². The van der Waals surface area contributed by atoms with Crippen LogP contribution >= 0.6 is 0 Å². The van der Waals surface area contributed by atoms with Gasteiger partial charge >= 0.3 is 0 Å². The van der Waals surface area contributed by atoms with Gasteiger partial charge in [0.25, 0.3) is 0 Å². The number of nitrogens with zero attached hydrogens (tertiary/aromatic N) is 4. The standard InChI is InChI=1S/C37H22N4O/c1-2-12-34-26(8-1)30-20-29-28-10-5-9-27-25(31-11-3-4-17-39-31)13-14-32(37(27)28)41(33(29)21-35(30)42-34)36-19-23(15-18-40-36)24-7-6-16-38-22-24/h1-22H. The van der Waals surface area contributed by atoms with Crippen LogP contribution in [-0.2, 0) is 0 Å². The van der Waals surface area contributed by atoms with Gasteiger partial charge in [-0.1, -0.05) is 54.6 Å². The average Bonchev–Trinajstić information content (AvgIpc) is 3.43. The second-order valence-electron chi connectivity index (χ2n) is 10.5. The van der Waals surface area contributed by atoms with Crippen molar-refractivity contribution >= 4 is 49.9 Å². The van der Waals surface area contributed by atoms with Gasteiger partial charge in [-0.25, -0.2) is 4.98 Å². The Bertz CT molecular complexity index is 2310. The van der Waals surface area contributed by atoms with Crippen LogP contribution in [0.5, 0.6) is 0 Å². The molecule has 0 spiro atoms. The summed E-state index contributed by atoms with van der Waals surface area (Å²) >= 11 is 0. The zero-order valence-corrected chi connectivity index (χ0v) is 22.4. The molecule has 1 aliphatic heterocycles. The van der Waals surface area contributed by atoms with E-state index in [4.69, 9.17) is 14.4 Å². The molecule has 0 radical (unpaired) electrons. The van der Waals surface area contributed by atoms with Crippen LogP contribution in [0.25, 0.3) is 66.2 Å². The number of para-hydroxylation sites is 1. The van der Waals surface area contributed by atoms with E-state index in [0.29, 0.717) is 0 Å². The predicted molar refractivity (Wildman–Crippen MR) is 169 cm³/mol. The molecule has 5 heteroatoms. The first kappa shape index (κ1) is 22.9. The fraction of sp³-hybridized carbons (Fsp3) is 0.